The van der Waals surface area contributed by atoms with Gasteiger partial charge in [0.1, 0.15) is 10.6 Å². The number of aromatic nitrogens is 2. The zero-order chi connectivity index (χ0) is 27.4. The predicted molar refractivity (Wildman–Crippen MR) is 141 cm³/mol. The SMILES string of the molecule is COc1ccccc1CNS(=O)(=O)c1cc(C(=O)NNC(=O)c2n[nH]c(=O)c3ccccc23)c(Cl)cc1Cl. The summed E-state index contributed by atoms with van der Waals surface area (Å²) >= 11 is 12.3. The molecule has 0 unspecified atom stereocenters. The molecule has 4 aromatic rings. The van der Waals surface area contributed by atoms with E-state index in [0.717, 1.165) is 12.1 Å². The molecule has 14 heteroatoms. The standard InChI is InChI=1S/C24H19Cl2N5O6S/c1-37-19-9-5-2-6-13(19)12-27-38(35,36)20-10-16(17(25)11-18(20)26)23(33)30-31-24(34)21-14-7-3-4-8-15(14)22(32)29-28-21/h2-11,27H,12H2,1H3,(H,29,32)(H,30,33)(H,31,34). The van der Waals surface area contributed by atoms with Gasteiger partial charge in [0.05, 0.1) is 28.1 Å². The van der Waals surface area contributed by atoms with Crippen LogP contribution in [0.2, 0.25) is 10.0 Å². The number of nitrogens with zero attached hydrogens (tertiary/aromatic N) is 1. The van der Waals surface area contributed by atoms with Gasteiger partial charge in [0.15, 0.2) is 5.69 Å². The van der Waals surface area contributed by atoms with Gasteiger partial charge >= 0.3 is 0 Å². The maximum atomic E-state index is 13.0. The smallest absolute Gasteiger partial charge is 0.290 e. The average molecular weight is 576 g/mol. The number of carbonyl (C=O) groups is 2. The van der Waals surface area contributed by atoms with E-state index in [2.05, 4.69) is 25.8 Å². The summed E-state index contributed by atoms with van der Waals surface area (Å²) in [6.45, 7) is -0.108. The first-order valence-electron chi connectivity index (χ1n) is 10.8. The van der Waals surface area contributed by atoms with E-state index in [-0.39, 0.29) is 38.6 Å². The molecule has 0 bridgehead atoms. The molecule has 1 heterocycles. The molecule has 196 valence electrons. The molecule has 0 fully saturated rings. The Hall–Kier alpha value is -3.97. The summed E-state index contributed by atoms with van der Waals surface area (Å²) in [6.07, 6.45) is 0. The zero-order valence-corrected chi connectivity index (χ0v) is 21.9. The third-order valence-electron chi connectivity index (χ3n) is 5.40. The molecule has 1 aromatic heterocycles. The molecule has 4 rings (SSSR count). The quantitative estimate of drug-likeness (QED) is 0.246. The third-order valence-corrected chi connectivity index (χ3v) is 7.58. The van der Waals surface area contributed by atoms with E-state index in [1.54, 1.807) is 36.4 Å². The van der Waals surface area contributed by atoms with Gasteiger partial charge in [0.25, 0.3) is 17.4 Å². The van der Waals surface area contributed by atoms with E-state index < -0.39 is 32.3 Å². The molecular weight excluding hydrogens is 557 g/mol. The molecular formula is C24H19Cl2N5O6S. The van der Waals surface area contributed by atoms with E-state index in [1.807, 2.05) is 0 Å². The minimum absolute atomic E-state index is 0.108. The number of hydrogen-bond acceptors (Lipinski definition) is 7. The highest BCUT2D eigenvalue weighted by Gasteiger charge is 2.24. The summed E-state index contributed by atoms with van der Waals surface area (Å²) in [5.74, 6) is -1.27. The van der Waals surface area contributed by atoms with E-state index in [1.165, 1.54) is 19.2 Å². The summed E-state index contributed by atoms with van der Waals surface area (Å²) in [5, 5.41) is 6.09. The minimum atomic E-state index is -4.20. The summed E-state index contributed by atoms with van der Waals surface area (Å²) in [7, 11) is -2.74. The van der Waals surface area contributed by atoms with E-state index >= 15 is 0 Å². The highest BCUT2D eigenvalue weighted by molar-refractivity contribution is 7.89. The fraction of sp³-hybridized carbons (Fsp3) is 0.0833. The number of ether oxygens (including phenoxy) is 1. The van der Waals surface area contributed by atoms with Crippen molar-refractivity contribution in [3.63, 3.8) is 0 Å². The Morgan fingerprint density at radius 1 is 0.947 bits per heavy atom. The van der Waals surface area contributed by atoms with Crippen molar-refractivity contribution in [3.05, 3.63) is 97.9 Å². The molecule has 3 aromatic carbocycles. The monoisotopic (exact) mass is 575 g/mol. The highest BCUT2D eigenvalue weighted by Crippen LogP contribution is 2.29. The van der Waals surface area contributed by atoms with Crippen LogP contribution in [0, 0.1) is 0 Å². The second kappa shape index (κ2) is 11.2. The largest absolute Gasteiger partial charge is 0.496 e. The summed E-state index contributed by atoms with van der Waals surface area (Å²) in [5.41, 5.74) is 4.01. The first-order chi connectivity index (χ1) is 18.1. The second-order valence-corrected chi connectivity index (χ2v) is 10.3. The molecule has 0 aliphatic heterocycles. The fourth-order valence-corrected chi connectivity index (χ4v) is 5.40. The van der Waals surface area contributed by atoms with E-state index in [4.69, 9.17) is 27.9 Å². The molecule has 38 heavy (non-hydrogen) atoms. The number of halogens is 2. The number of para-hydroxylation sites is 1. The number of nitrogens with one attached hydrogen (secondary N) is 4. The van der Waals surface area contributed by atoms with Crippen LogP contribution in [0.25, 0.3) is 10.8 Å². The molecule has 11 nitrogen and oxygen atoms in total. The molecule has 0 atom stereocenters. The topological polar surface area (TPSA) is 159 Å². The summed E-state index contributed by atoms with van der Waals surface area (Å²) in [6, 6.07) is 15.2. The van der Waals surface area contributed by atoms with Gasteiger partial charge in [0, 0.05) is 17.5 Å². The van der Waals surface area contributed by atoms with Crippen LogP contribution in [0.1, 0.15) is 26.4 Å². The minimum Gasteiger partial charge on any atom is -0.496 e. The Balaban J connectivity index is 1.53. The molecule has 2 amide bonds. The van der Waals surface area contributed by atoms with Crippen LogP contribution >= 0.6 is 23.2 Å². The van der Waals surface area contributed by atoms with Crippen molar-refractivity contribution in [1.29, 1.82) is 0 Å². The van der Waals surface area contributed by atoms with Gasteiger partial charge in [-0.3, -0.25) is 25.2 Å². The van der Waals surface area contributed by atoms with Gasteiger partial charge in [-0.25, -0.2) is 18.2 Å². The van der Waals surface area contributed by atoms with Crippen molar-refractivity contribution in [3.8, 4) is 5.75 Å². The lowest BCUT2D eigenvalue weighted by Gasteiger charge is -2.13. The third kappa shape index (κ3) is 5.63. The summed E-state index contributed by atoms with van der Waals surface area (Å²) in [4.78, 5) is 37.0. The number of hydrogen-bond donors (Lipinski definition) is 4. The van der Waals surface area contributed by atoms with Crippen molar-refractivity contribution in [1.82, 2.24) is 25.8 Å². The van der Waals surface area contributed by atoms with Crippen molar-refractivity contribution >= 4 is 55.8 Å². The number of hydrazine groups is 1. The van der Waals surface area contributed by atoms with Crippen molar-refractivity contribution in [2.24, 2.45) is 0 Å². The maximum absolute atomic E-state index is 13.0. The first-order valence-corrected chi connectivity index (χ1v) is 13.0. The normalized spacial score (nSPS) is 11.2. The number of H-pyrrole nitrogens is 1. The highest BCUT2D eigenvalue weighted by atomic mass is 35.5. The Bertz CT molecular complexity index is 1730. The van der Waals surface area contributed by atoms with Gasteiger partial charge < -0.3 is 4.74 Å². The van der Waals surface area contributed by atoms with E-state index in [9.17, 15) is 22.8 Å². The lowest BCUT2D eigenvalue weighted by Crippen LogP contribution is -2.42. The number of fused-ring (bicyclic) bond motifs is 1. The number of aromatic amines is 1. The maximum Gasteiger partial charge on any atom is 0.290 e. The number of rotatable bonds is 7. The van der Waals surface area contributed by atoms with Gasteiger partial charge in [-0.2, -0.15) is 5.10 Å². The molecule has 0 radical (unpaired) electrons. The Kier molecular flexibility index (Phi) is 7.97. The molecule has 0 spiro atoms. The molecule has 0 aliphatic carbocycles. The van der Waals surface area contributed by atoms with Crippen molar-refractivity contribution in [2.75, 3.05) is 7.11 Å². The lowest BCUT2D eigenvalue weighted by atomic mass is 10.1. The van der Waals surface area contributed by atoms with Crippen molar-refractivity contribution < 1.29 is 22.7 Å². The van der Waals surface area contributed by atoms with Crippen LogP contribution in [0.3, 0.4) is 0 Å². The summed E-state index contributed by atoms with van der Waals surface area (Å²) < 4.78 is 33.6. The van der Waals surface area contributed by atoms with Crippen LogP contribution in [0.4, 0.5) is 0 Å². The van der Waals surface area contributed by atoms with Gasteiger partial charge in [0.2, 0.25) is 10.0 Å². The van der Waals surface area contributed by atoms with E-state index in [0.29, 0.717) is 11.3 Å². The van der Waals surface area contributed by atoms with Crippen LogP contribution in [0.5, 0.6) is 5.75 Å². The Morgan fingerprint density at radius 2 is 1.61 bits per heavy atom. The molecule has 0 saturated heterocycles. The zero-order valence-electron chi connectivity index (χ0n) is 19.5. The van der Waals surface area contributed by atoms with Crippen LogP contribution in [0.15, 0.2) is 70.4 Å². The van der Waals surface area contributed by atoms with Crippen LogP contribution in [-0.4, -0.2) is 37.5 Å². The lowest BCUT2D eigenvalue weighted by molar-refractivity contribution is 0.0844. The Morgan fingerprint density at radius 3 is 2.34 bits per heavy atom. The van der Waals surface area contributed by atoms with Crippen molar-refractivity contribution in [2.45, 2.75) is 11.4 Å². The molecule has 4 N–H and O–H groups in total. The number of carbonyl (C=O) groups excluding carboxylic acids is 2. The second-order valence-electron chi connectivity index (χ2n) is 7.75. The molecule has 0 aliphatic rings. The van der Waals surface area contributed by atoms with Gasteiger partial charge in [-0.1, -0.05) is 59.6 Å². The van der Waals surface area contributed by atoms with Crippen LogP contribution < -0.4 is 25.9 Å². The van der Waals surface area contributed by atoms with Gasteiger partial charge in [-0.05, 0) is 24.3 Å². The number of amides is 2. The Labute approximate surface area is 226 Å². The fourth-order valence-electron chi connectivity index (χ4n) is 3.54. The van der Waals surface area contributed by atoms with Gasteiger partial charge in [-0.15, -0.1) is 0 Å². The average Bonchev–Trinajstić information content (AvgIpc) is 2.91. The number of sulfonamides is 1. The number of benzene rings is 3. The van der Waals surface area contributed by atoms with Crippen LogP contribution in [-0.2, 0) is 16.6 Å². The number of methoxy groups -OCH3 is 1. The molecule has 0 saturated carbocycles. The predicted octanol–water partition coefficient (Wildman–Crippen LogP) is 2.79. The first kappa shape index (κ1) is 27.1.